The Morgan fingerprint density at radius 1 is 1.35 bits per heavy atom. The zero-order valence-corrected chi connectivity index (χ0v) is 13.6. The molecule has 0 aliphatic heterocycles. The number of amides is 1. The molecule has 0 aliphatic rings. The van der Waals surface area contributed by atoms with Crippen LogP contribution in [0.4, 0.5) is 10.1 Å². The van der Waals surface area contributed by atoms with Crippen molar-refractivity contribution in [1.82, 2.24) is 4.98 Å². The summed E-state index contributed by atoms with van der Waals surface area (Å²) >= 11 is 0. The molecule has 0 saturated heterocycles. The lowest BCUT2D eigenvalue weighted by molar-refractivity contribution is 0.102. The topological polar surface area (TPSA) is 68.0 Å². The van der Waals surface area contributed by atoms with Gasteiger partial charge in [-0.25, -0.2) is 4.39 Å². The monoisotopic (exact) mass is 315 g/mol. The normalized spacial score (nSPS) is 14.8. The van der Waals surface area contributed by atoms with Crippen LogP contribution >= 0.6 is 0 Å². The number of carbonyl (C=O) groups excluding carboxylic acids is 1. The van der Waals surface area contributed by atoms with Gasteiger partial charge in [-0.05, 0) is 49.1 Å². The molecule has 0 aliphatic carbocycles. The molecule has 1 aromatic heterocycles. The molecule has 2 atom stereocenters. The summed E-state index contributed by atoms with van der Waals surface area (Å²) < 4.78 is 13.7. The van der Waals surface area contributed by atoms with Crippen LogP contribution in [0.25, 0.3) is 0 Å². The summed E-state index contributed by atoms with van der Waals surface area (Å²) in [6.07, 6.45) is 2.44. The number of nitrogens with two attached hydrogens (primary N) is 1. The number of hydrogen-bond donors (Lipinski definition) is 2. The maximum absolute atomic E-state index is 13.7. The highest BCUT2D eigenvalue weighted by Gasteiger charge is 2.22. The van der Waals surface area contributed by atoms with Crippen LogP contribution in [0, 0.1) is 0 Å². The number of rotatable bonds is 5. The lowest BCUT2D eigenvalue weighted by Gasteiger charge is -2.14. The molecule has 2 rings (SSSR count). The minimum atomic E-state index is -2.08. The second-order valence-corrected chi connectivity index (χ2v) is 5.89. The number of benzene rings is 1. The first-order valence-electron chi connectivity index (χ1n) is 7.67. The first-order valence-corrected chi connectivity index (χ1v) is 7.67. The lowest BCUT2D eigenvalue weighted by atomic mass is 9.98. The van der Waals surface area contributed by atoms with Gasteiger partial charge in [0.2, 0.25) is 0 Å². The van der Waals surface area contributed by atoms with Crippen molar-refractivity contribution in [1.29, 1.82) is 0 Å². The van der Waals surface area contributed by atoms with E-state index in [1.807, 2.05) is 24.3 Å². The summed E-state index contributed by atoms with van der Waals surface area (Å²) in [6.45, 7) is 5.50. The molecule has 0 saturated carbocycles. The first-order chi connectivity index (χ1) is 10.8. The Kier molecular flexibility index (Phi) is 5.11. The van der Waals surface area contributed by atoms with Gasteiger partial charge in [0.15, 0.2) is 5.79 Å². The van der Waals surface area contributed by atoms with Crippen LogP contribution in [0.15, 0.2) is 42.6 Å². The van der Waals surface area contributed by atoms with E-state index in [1.54, 1.807) is 0 Å². The van der Waals surface area contributed by atoms with Crippen LogP contribution in [0.2, 0.25) is 0 Å². The van der Waals surface area contributed by atoms with E-state index in [0.29, 0.717) is 17.2 Å². The third kappa shape index (κ3) is 4.36. The Bertz CT molecular complexity index is 677. The second-order valence-electron chi connectivity index (χ2n) is 5.89. The van der Waals surface area contributed by atoms with Gasteiger partial charge < -0.3 is 5.32 Å². The van der Waals surface area contributed by atoms with Gasteiger partial charge in [-0.2, -0.15) is 0 Å². The number of nitrogens with zero attached hydrogens (tertiary/aromatic N) is 1. The van der Waals surface area contributed by atoms with Crippen LogP contribution in [-0.2, 0) is 5.79 Å². The smallest absolute Gasteiger partial charge is 0.255 e. The number of nitrogens with one attached hydrogen (secondary N) is 1. The van der Waals surface area contributed by atoms with E-state index in [1.165, 1.54) is 30.8 Å². The predicted molar refractivity (Wildman–Crippen MR) is 90.0 cm³/mol. The number of carbonyl (C=O) groups is 1. The molecule has 5 heteroatoms. The van der Waals surface area contributed by atoms with Crippen molar-refractivity contribution in [3.8, 4) is 0 Å². The molecule has 0 spiro atoms. The molecule has 0 fully saturated rings. The van der Waals surface area contributed by atoms with E-state index >= 15 is 0 Å². The number of halogens is 1. The highest BCUT2D eigenvalue weighted by Crippen LogP contribution is 2.21. The lowest BCUT2D eigenvalue weighted by Crippen LogP contribution is -2.28. The maximum Gasteiger partial charge on any atom is 0.255 e. The van der Waals surface area contributed by atoms with Crippen molar-refractivity contribution in [2.24, 2.45) is 5.73 Å². The third-order valence-electron chi connectivity index (χ3n) is 3.87. The van der Waals surface area contributed by atoms with Crippen LogP contribution < -0.4 is 11.1 Å². The van der Waals surface area contributed by atoms with Gasteiger partial charge in [0, 0.05) is 17.4 Å². The minimum absolute atomic E-state index is 0.0252. The zero-order chi connectivity index (χ0) is 17.0. The maximum atomic E-state index is 13.7. The molecule has 0 radical (unpaired) electrons. The molecule has 1 unspecified atom stereocenters. The predicted octanol–water partition coefficient (Wildman–Crippen LogP) is 3.95. The van der Waals surface area contributed by atoms with Crippen molar-refractivity contribution in [3.63, 3.8) is 0 Å². The SMILES string of the molecule is CC[C@@H](C)c1ccc(NC(=O)c2ccnc(C(C)(N)F)c2)cc1. The summed E-state index contributed by atoms with van der Waals surface area (Å²) in [5, 5.41) is 2.79. The molecule has 0 bridgehead atoms. The van der Waals surface area contributed by atoms with Gasteiger partial charge in [0.1, 0.15) is 0 Å². The fourth-order valence-electron chi connectivity index (χ4n) is 2.17. The minimum Gasteiger partial charge on any atom is -0.322 e. The van der Waals surface area contributed by atoms with Gasteiger partial charge in [0.25, 0.3) is 5.91 Å². The van der Waals surface area contributed by atoms with E-state index in [4.69, 9.17) is 5.73 Å². The van der Waals surface area contributed by atoms with Crippen LogP contribution in [0.5, 0.6) is 0 Å². The Morgan fingerprint density at radius 3 is 2.57 bits per heavy atom. The van der Waals surface area contributed by atoms with Gasteiger partial charge in [0.05, 0.1) is 5.69 Å². The van der Waals surface area contributed by atoms with Crippen molar-refractivity contribution in [2.45, 2.75) is 38.9 Å². The van der Waals surface area contributed by atoms with Crippen molar-refractivity contribution >= 4 is 11.6 Å². The van der Waals surface area contributed by atoms with E-state index in [0.717, 1.165) is 6.42 Å². The summed E-state index contributed by atoms with van der Waals surface area (Å²) in [7, 11) is 0. The quantitative estimate of drug-likeness (QED) is 0.821. The Balaban J connectivity index is 2.13. The molecule has 1 aromatic carbocycles. The van der Waals surface area contributed by atoms with Crippen molar-refractivity contribution in [3.05, 3.63) is 59.4 Å². The van der Waals surface area contributed by atoms with E-state index in [-0.39, 0.29) is 11.6 Å². The summed E-state index contributed by atoms with van der Waals surface area (Å²) in [5.41, 5.74) is 7.64. The molecule has 23 heavy (non-hydrogen) atoms. The van der Waals surface area contributed by atoms with Crippen LogP contribution in [0.1, 0.15) is 54.7 Å². The Labute approximate surface area is 135 Å². The standard InChI is InChI=1S/C18H22FN3O/c1-4-12(2)13-5-7-15(8-6-13)22-17(23)14-9-10-21-16(11-14)18(3,19)20/h5-12H,4,20H2,1-3H3,(H,22,23)/t12-,18?/m1/s1. The molecule has 122 valence electrons. The van der Waals surface area contributed by atoms with Gasteiger partial charge in [-0.15, -0.1) is 0 Å². The highest BCUT2D eigenvalue weighted by atomic mass is 19.1. The molecular weight excluding hydrogens is 293 g/mol. The van der Waals surface area contributed by atoms with Crippen molar-refractivity contribution in [2.75, 3.05) is 5.32 Å². The van der Waals surface area contributed by atoms with Gasteiger partial charge in [-0.1, -0.05) is 26.0 Å². The van der Waals surface area contributed by atoms with Gasteiger partial charge >= 0.3 is 0 Å². The average molecular weight is 315 g/mol. The first kappa shape index (κ1) is 17.1. The molecule has 4 nitrogen and oxygen atoms in total. The zero-order valence-electron chi connectivity index (χ0n) is 13.6. The summed E-state index contributed by atoms with van der Waals surface area (Å²) in [6, 6.07) is 10.6. The highest BCUT2D eigenvalue weighted by molar-refractivity contribution is 6.04. The summed E-state index contributed by atoms with van der Waals surface area (Å²) in [5.74, 6) is -1.92. The Morgan fingerprint density at radius 2 is 2.00 bits per heavy atom. The Hall–Kier alpha value is -2.27. The number of hydrogen-bond acceptors (Lipinski definition) is 3. The molecule has 1 heterocycles. The number of aromatic nitrogens is 1. The van der Waals surface area contributed by atoms with Crippen LogP contribution in [-0.4, -0.2) is 10.9 Å². The fourth-order valence-corrected chi connectivity index (χ4v) is 2.17. The fraction of sp³-hybridized carbons (Fsp3) is 0.333. The van der Waals surface area contributed by atoms with Crippen molar-refractivity contribution < 1.29 is 9.18 Å². The number of alkyl halides is 1. The molecular formula is C18H22FN3O. The summed E-state index contributed by atoms with van der Waals surface area (Å²) in [4.78, 5) is 16.1. The molecule has 3 N–H and O–H groups in total. The van der Waals surface area contributed by atoms with Crippen LogP contribution in [0.3, 0.4) is 0 Å². The van der Waals surface area contributed by atoms with E-state index in [9.17, 15) is 9.18 Å². The number of anilines is 1. The molecule has 2 aromatic rings. The van der Waals surface area contributed by atoms with Gasteiger partial charge in [-0.3, -0.25) is 15.5 Å². The third-order valence-corrected chi connectivity index (χ3v) is 3.87. The average Bonchev–Trinajstić information content (AvgIpc) is 2.54. The largest absolute Gasteiger partial charge is 0.322 e. The van der Waals surface area contributed by atoms with E-state index < -0.39 is 5.79 Å². The number of pyridine rings is 1. The van der Waals surface area contributed by atoms with E-state index in [2.05, 4.69) is 24.1 Å². The molecule has 1 amide bonds. The second kappa shape index (κ2) is 6.87.